The first-order chi connectivity index (χ1) is 11.3. The smallest absolute Gasteiger partial charge is 0.355 e. The molecular weight excluding hydrogens is 323 g/mol. The number of hydrogen-bond acceptors (Lipinski definition) is 4. The zero-order valence-electron chi connectivity index (χ0n) is 13.2. The molecule has 1 fully saturated rings. The second-order valence-electron chi connectivity index (χ2n) is 5.89. The van der Waals surface area contributed by atoms with Crippen LogP contribution in [-0.2, 0) is 9.53 Å². The molecule has 0 radical (unpaired) electrons. The first-order valence-electron chi connectivity index (χ1n) is 7.70. The molecule has 8 heteroatoms. The standard InChI is InChI=1S/C16H18F3N3O2/c1-11(23)21-7-8-22-9-14(20-15(22)10-21)12-3-2-4-13(6-5-12)24-16(17,18)19/h2-6,13-14H,7-10H2,1H3. The van der Waals surface area contributed by atoms with E-state index in [0.717, 1.165) is 18.0 Å². The molecule has 3 rings (SSSR count). The molecule has 2 unspecified atom stereocenters. The molecule has 0 saturated carbocycles. The third kappa shape index (κ3) is 3.87. The Morgan fingerprint density at radius 1 is 1.33 bits per heavy atom. The van der Waals surface area contributed by atoms with Crippen LogP contribution >= 0.6 is 0 Å². The number of piperazine rings is 1. The fraction of sp³-hybridized carbons (Fsp3) is 0.500. The highest BCUT2D eigenvalue weighted by atomic mass is 19.4. The van der Waals surface area contributed by atoms with E-state index < -0.39 is 12.5 Å². The normalized spacial score (nSPS) is 26.8. The maximum Gasteiger partial charge on any atom is 0.523 e. The van der Waals surface area contributed by atoms with E-state index in [4.69, 9.17) is 0 Å². The zero-order valence-corrected chi connectivity index (χ0v) is 13.2. The lowest BCUT2D eigenvalue weighted by atomic mass is 10.1. The molecule has 1 saturated heterocycles. The molecule has 2 atom stereocenters. The minimum absolute atomic E-state index is 0.0180. The molecule has 0 aromatic heterocycles. The topological polar surface area (TPSA) is 45.1 Å². The largest absolute Gasteiger partial charge is 0.523 e. The molecule has 24 heavy (non-hydrogen) atoms. The predicted octanol–water partition coefficient (Wildman–Crippen LogP) is 1.89. The highest BCUT2D eigenvalue weighted by molar-refractivity contribution is 5.90. The Labute approximate surface area is 137 Å². The Balaban J connectivity index is 1.68. The van der Waals surface area contributed by atoms with Gasteiger partial charge < -0.3 is 9.80 Å². The molecule has 130 valence electrons. The molecular formula is C16H18F3N3O2. The lowest BCUT2D eigenvalue weighted by Crippen LogP contribution is -2.50. The summed E-state index contributed by atoms with van der Waals surface area (Å²) in [5.41, 5.74) is 0.829. The molecule has 0 aromatic rings. The van der Waals surface area contributed by atoms with Gasteiger partial charge in [-0.25, -0.2) is 0 Å². The summed E-state index contributed by atoms with van der Waals surface area (Å²) in [5.74, 6) is 0.872. The molecule has 0 N–H and O–H groups in total. The lowest BCUT2D eigenvalue weighted by molar-refractivity contribution is -0.330. The van der Waals surface area contributed by atoms with Crippen LogP contribution in [0.1, 0.15) is 6.92 Å². The van der Waals surface area contributed by atoms with Gasteiger partial charge in [-0.3, -0.25) is 14.5 Å². The van der Waals surface area contributed by atoms with Crippen molar-refractivity contribution in [3.63, 3.8) is 0 Å². The van der Waals surface area contributed by atoms with Gasteiger partial charge in [0.1, 0.15) is 11.9 Å². The van der Waals surface area contributed by atoms with Crippen LogP contribution in [0.2, 0.25) is 0 Å². The van der Waals surface area contributed by atoms with Crippen molar-refractivity contribution in [2.24, 2.45) is 4.99 Å². The second-order valence-corrected chi connectivity index (χ2v) is 5.89. The van der Waals surface area contributed by atoms with Crippen LogP contribution < -0.4 is 0 Å². The number of alkyl halides is 3. The Hall–Kier alpha value is -2.09. The highest BCUT2D eigenvalue weighted by Gasteiger charge is 2.34. The lowest BCUT2D eigenvalue weighted by Gasteiger charge is -2.33. The predicted molar refractivity (Wildman–Crippen MR) is 82.3 cm³/mol. The van der Waals surface area contributed by atoms with Crippen LogP contribution in [0, 0.1) is 0 Å². The molecule has 1 aliphatic carbocycles. The first-order valence-corrected chi connectivity index (χ1v) is 7.70. The Morgan fingerprint density at radius 3 is 2.83 bits per heavy atom. The number of carbonyl (C=O) groups is 1. The van der Waals surface area contributed by atoms with Crippen LogP contribution in [0.25, 0.3) is 0 Å². The van der Waals surface area contributed by atoms with Gasteiger partial charge in [0.2, 0.25) is 5.91 Å². The van der Waals surface area contributed by atoms with Gasteiger partial charge in [-0.1, -0.05) is 30.4 Å². The van der Waals surface area contributed by atoms with Gasteiger partial charge in [-0.2, -0.15) is 0 Å². The molecule has 5 nitrogen and oxygen atoms in total. The molecule has 1 amide bonds. The summed E-state index contributed by atoms with van der Waals surface area (Å²) in [6, 6.07) is -0.141. The number of rotatable bonds is 2. The van der Waals surface area contributed by atoms with E-state index in [-0.39, 0.29) is 11.9 Å². The SMILES string of the molecule is CC(=O)N1CCN2CC(C3=CC=CC(OC(F)(F)F)C=C3)N=C2C1. The van der Waals surface area contributed by atoms with Crippen molar-refractivity contribution in [1.82, 2.24) is 9.80 Å². The number of fused-ring (bicyclic) bond motifs is 1. The van der Waals surface area contributed by atoms with Crippen molar-refractivity contribution < 1.29 is 22.7 Å². The fourth-order valence-electron chi connectivity index (χ4n) is 2.97. The number of nitrogens with zero attached hydrogens (tertiary/aromatic N) is 3. The van der Waals surface area contributed by atoms with Gasteiger partial charge in [-0.05, 0) is 5.57 Å². The van der Waals surface area contributed by atoms with E-state index >= 15 is 0 Å². The third-order valence-electron chi connectivity index (χ3n) is 4.20. The van der Waals surface area contributed by atoms with E-state index in [1.165, 1.54) is 19.1 Å². The summed E-state index contributed by atoms with van der Waals surface area (Å²) >= 11 is 0. The summed E-state index contributed by atoms with van der Waals surface area (Å²) in [7, 11) is 0. The molecule has 2 heterocycles. The van der Waals surface area contributed by atoms with Gasteiger partial charge in [0.05, 0.1) is 12.6 Å². The third-order valence-corrected chi connectivity index (χ3v) is 4.20. The summed E-state index contributed by atoms with van der Waals surface area (Å²) in [5, 5.41) is 0. The average Bonchev–Trinajstić information content (AvgIpc) is 2.78. The van der Waals surface area contributed by atoms with Crippen molar-refractivity contribution in [3.8, 4) is 0 Å². The molecule has 2 aliphatic heterocycles. The number of halogens is 3. The summed E-state index contributed by atoms with van der Waals surface area (Å²) < 4.78 is 40.9. The number of aliphatic imine (C=N–C) groups is 1. The molecule has 0 spiro atoms. The van der Waals surface area contributed by atoms with Gasteiger partial charge in [0.25, 0.3) is 0 Å². The van der Waals surface area contributed by atoms with E-state index in [1.54, 1.807) is 23.1 Å². The number of carbonyl (C=O) groups excluding carboxylic acids is 1. The zero-order chi connectivity index (χ0) is 17.3. The molecule has 0 bridgehead atoms. The molecule has 0 aromatic carbocycles. The number of hydrogen-bond donors (Lipinski definition) is 0. The second kappa shape index (κ2) is 6.43. The highest BCUT2D eigenvalue weighted by Crippen LogP contribution is 2.25. The number of allylic oxidation sites excluding steroid dienone is 2. The first kappa shape index (κ1) is 16.8. The van der Waals surface area contributed by atoms with E-state index in [2.05, 4.69) is 14.6 Å². The van der Waals surface area contributed by atoms with E-state index in [9.17, 15) is 18.0 Å². The maximum atomic E-state index is 12.3. The Kier molecular flexibility index (Phi) is 4.49. The molecule has 3 aliphatic rings. The van der Waals surface area contributed by atoms with Crippen molar-refractivity contribution in [1.29, 1.82) is 0 Å². The Morgan fingerprint density at radius 2 is 2.12 bits per heavy atom. The minimum atomic E-state index is -4.67. The van der Waals surface area contributed by atoms with E-state index in [0.29, 0.717) is 19.6 Å². The quantitative estimate of drug-likeness (QED) is 0.771. The van der Waals surface area contributed by atoms with Crippen LogP contribution in [0.3, 0.4) is 0 Å². The van der Waals surface area contributed by atoms with Crippen molar-refractivity contribution in [2.75, 3.05) is 26.2 Å². The van der Waals surface area contributed by atoms with Crippen LogP contribution in [0.15, 0.2) is 40.9 Å². The van der Waals surface area contributed by atoms with Crippen LogP contribution in [0.5, 0.6) is 0 Å². The minimum Gasteiger partial charge on any atom is -0.355 e. The van der Waals surface area contributed by atoms with Crippen molar-refractivity contribution in [3.05, 3.63) is 36.0 Å². The number of ether oxygens (including phenoxy) is 1. The van der Waals surface area contributed by atoms with Crippen molar-refractivity contribution >= 4 is 11.7 Å². The summed E-state index contributed by atoms with van der Waals surface area (Å²) in [6.07, 6.45) is 1.87. The summed E-state index contributed by atoms with van der Waals surface area (Å²) in [6.45, 7) is 4.08. The van der Waals surface area contributed by atoms with Crippen LogP contribution in [0.4, 0.5) is 13.2 Å². The van der Waals surface area contributed by atoms with Crippen molar-refractivity contribution in [2.45, 2.75) is 25.4 Å². The number of amidine groups is 1. The van der Waals surface area contributed by atoms with Gasteiger partial charge >= 0.3 is 6.36 Å². The fourth-order valence-corrected chi connectivity index (χ4v) is 2.97. The van der Waals surface area contributed by atoms with Gasteiger partial charge in [0, 0.05) is 26.6 Å². The van der Waals surface area contributed by atoms with Gasteiger partial charge in [-0.15, -0.1) is 13.2 Å². The average molecular weight is 341 g/mol. The van der Waals surface area contributed by atoms with Gasteiger partial charge in [0.15, 0.2) is 0 Å². The van der Waals surface area contributed by atoms with Crippen LogP contribution in [-0.4, -0.2) is 66.2 Å². The monoisotopic (exact) mass is 341 g/mol. The Bertz CT molecular complexity index is 637. The summed E-state index contributed by atoms with van der Waals surface area (Å²) in [4.78, 5) is 20.0. The maximum absolute atomic E-state index is 12.3. The number of amides is 1. The van der Waals surface area contributed by atoms with E-state index in [1.807, 2.05) is 0 Å².